The van der Waals surface area contributed by atoms with E-state index < -0.39 is 0 Å². The zero-order valence-electron chi connectivity index (χ0n) is 17.2. The van der Waals surface area contributed by atoms with Gasteiger partial charge >= 0.3 is 0 Å². The first kappa shape index (κ1) is 19.2. The Morgan fingerprint density at radius 3 is 2.68 bits per heavy atom. The molecule has 8 nitrogen and oxygen atoms in total. The monoisotopic (exact) mass is 414 g/mol. The van der Waals surface area contributed by atoms with Gasteiger partial charge in [0.25, 0.3) is 5.91 Å². The summed E-state index contributed by atoms with van der Waals surface area (Å²) in [4.78, 5) is 30.1. The molecule has 8 heteroatoms. The van der Waals surface area contributed by atoms with E-state index in [9.17, 15) is 4.79 Å². The number of rotatable bonds is 3. The van der Waals surface area contributed by atoms with E-state index in [0.29, 0.717) is 34.1 Å². The lowest BCUT2D eigenvalue weighted by Crippen LogP contribution is -2.47. The Balaban J connectivity index is 1.47. The smallest absolute Gasteiger partial charge is 0.253 e. The van der Waals surface area contributed by atoms with Crippen molar-refractivity contribution in [1.82, 2.24) is 24.8 Å². The van der Waals surface area contributed by atoms with E-state index in [1.807, 2.05) is 35.2 Å². The average molecular weight is 414 g/mol. The van der Waals surface area contributed by atoms with Crippen LogP contribution in [0.4, 0.5) is 5.82 Å². The van der Waals surface area contributed by atoms with Gasteiger partial charge in [-0.1, -0.05) is 12.1 Å². The maximum atomic E-state index is 13.0. The minimum atomic E-state index is 0.0450. The number of nitrogens with zero attached hydrogens (tertiary/aromatic N) is 5. The third-order valence-electron chi connectivity index (χ3n) is 5.55. The van der Waals surface area contributed by atoms with Crippen molar-refractivity contribution in [3.8, 4) is 22.6 Å². The summed E-state index contributed by atoms with van der Waals surface area (Å²) in [6.07, 6.45) is 3.36. The van der Waals surface area contributed by atoms with E-state index in [2.05, 4.69) is 26.9 Å². The minimum Gasteiger partial charge on any atom is -0.434 e. The number of nitrogen functional groups attached to an aromatic ring is 1. The molecule has 4 heterocycles. The van der Waals surface area contributed by atoms with Crippen molar-refractivity contribution in [2.24, 2.45) is 0 Å². The maximum Gasteiger partial charge on any atom is 0.253 e. The molecule has 31 heavy (non-hydrogen) atoms. The minimum absolute atomic E-state index is 0.0450. The van der Waals surface area contributed by atoms with Crippen molar-refractivity contribution < 1.29 is 9.21 Å². The Hall–Kier alpha value is -3.78. The number of hydrogen-bond acceptors (Lipinski definition) is 7. The van der Waals surface area contributed by atoms with E-state index in [0.717, 1.165) is 37.3 Å². The Morgan fingerprint density at radius 1 is 1.03 bits per heavy atom. The average Bonchev–Trinajstić information content (AvgIpc) is 3.23. The van der Waals surface area contributed by atoms with Crippen LogP contribution in [0.5, 0.6) is 0 Å². The van der Waals surface area contributed by atoms with Gasteiger partial charge in [-0.25, -0.2) is 9.97 Å². The van der Waals surface area contributed by atoms with E-state index >= 15 is 0 Å². The highest BCUT2D eigenvalue weighted by molar-refractivity contribution is 5.95. The molecule has 0 aliphatic carbocycles. The number of fused-ring (bicyclic) bond motifs is 1. The molecule has 2 N–H and O–H groups in total. The topological polar surface area (TPSA) is 101 Å². The van der Waals surface area contributed by atoms with Gasteiger partial charge in [-0.15, -0.1) is 0 Å². The van der Waals surface area contributed by atoms with E-state index in [1.165, 1.54) is 0 Å². The van der Waals surface area contributed by atoms with E-state index in [4.69, 9.17) is 10.2 Å². The van der Waals surface area contributed by atoms with Gasteiger partial charge in [0, 0.05) is 49.7 Å². The Morgan fingerprint density at radius 2 is 1.87 bits per heavy atom. The zero-order valence-corrected chi connectivity index (χ0v) is 17.2. The van der Waals surface area contributed by atoms with Crippen molar-refractivity contribution >= 4 is 23.0 Å². The van der Waals surface area contributed by atoms with Crippen LogP contribution < -0.4 is 5.73 Å². The van der Waals surface area contributed by atoms with Crippen LogP contribution in [0.25, 0.3) is 33.8 Å². The third-order valence-corrected chi connectivity index (χ3v) is 5.55. The summed E-state index contributed by atoms with van der Waals surface area (Å²) in [5.74, 6) is 0.730. The van der Waals surface area contributed by atoms with Crippen molar-refractivity contribution in [2.75, 3.05) is 39.0 Å². The maximum absolute atomic E-state index is 13.0. The summed E-state index contributed by atoms with van der Waals surface area (Å²) >= 11 is 0. The van der Waals surface area contributed by atoms with Crippen LogP contribution in [0.1, 0.15) is 10.4 Å². The molecule has 156 valence electrons. The highest BCUT2D eigenvalue weighted by Crippen LogP contribution is 2.31. The van der Waals surface area contributed by atoms with Gasteiger partial charge in [0.1, 0.15) is 5.82 Å². The van der Waals surface area contributed by atoms with Crippen LogP contribution in [-0.2, 0) is 0 Å². The number of anilines is 1. The number of likely N-dealkylation sites (N-methyl/N-ethyl adjacent to an activating group) is 1. The summed E-state index contributed by atoms with van der Waals surface area (Å²) < 4.78 is 5.82. The number of oxazole rings is 1. The SMILES string of the molecule is CN1CCN(C(=O)c2cccc(-c3cnc(N)c(-c4nc5ncccc5o4)c3)c2)CC1. The molecular formula is C23H22N6O2. The molecule has 1 aliphatic rings. The number of nitrogens with two attached hydrogens (primary N) is 1. The highest BCUT2D eigenvalue weighted by atomic mass is 16.3. The van der Waals surface area contributed by atoms with Gasteiger partial charge in [0.2, 0.25) is 5.89 Å². The predicted octanol–water partition coefficient (Wildman–Crippen LogP) is 2.92. The zero-order chi connectivity index (χ0) is 21.4. The molecule has 1 amide bonds. The molecule has 0 atom stereocenters. The Kier molecular flexibility index (Phi) is 4.83. The second kappa shape index (κ2) is 7.81. The summed E-state index contributed by atoms with van der Waals surface area (Å²) in [7, 11) is 2.07. The van der Waals surface area contributed by atoms with Gasteiger partial charge in [-0.2, -0.15) is 4.98 Å². The molecule has 0 saturated carbocycles. The van der Waals surface area contributed by atoms with Crippen molar-refractivity contribution in [3.63, 3.8) is 0 Å². The summed E-state index contributed by atoms with van der Waals surface area (Å²) in [6.45, 7) is 3.24. The molecule has 0 unspecified atom stereocenters. The molecule has 1 aromatic carbocycles. The van der Waals surface area contributed by atoms with E-state index in [-0.39, 0.29) is 5.91 Å². The van der Waals surface area contributed by atoms with Crippen LogP contribution in [0.2, 0.25) is 0 Å². The Bertz CT molecular complexity index is 1230. The van der Waals surface area contributed by atoms with Crippen LogP contribution in [0, 0.1) is 0 Å². The first-order valence-electron chi connectivity index (χ1n) is 10.1. The van der Waals surface area contributed by atoms with Crippen LogP contribution >= 0.6 is 0 Å². The molecule has 3 aromatic heterocycles. The molecule has 0 spiro atoms. The molecule has 1 aliphatic heterocycles. The third kappa shape index (κ3) is 3.73. The number of amides is 1. The van der Waals surface area contributed by atoms with Crippen LogP contribution in [0.3, 0.4) is 0 Å². The number of aromatic nitrogens is 3. The highest BCUT2D eigenvalue weighted by Gasteiger charge is 2.21. The van der Waals surface area contributed by atoms with Crippen molar-refractivity contribution in [2.45, 2.75) is 0 Å². The van der Waals surface area contributed by atoms with Crippen LogP contribution in [-0.4, -0.2) is 63.9 Å². The van der Waals surface area contributed by atoms with Gasteiger partial charge < -0.3 is 20.0 Å². The molecule has 1 fully saturated rings. The number of hydrogen-bond donors (Lipinski definition) is 1. The number of carbonyl (C=O) groups is 1. The van der Waals surface area contributed by atoms with Gasteiger partial charge in [0.15, 0.2) is 11.2 Å². The summed E-state index contributed by atoms with van der Waals surface area (Å²) in [6, 6.07) is 13.1. The standard InChI is InChI=1S/C23H22N6O2/c1-28-8-10-29(11-9-28)23(30)16-5-2-4-15(12-16)17-13-18(20(24)26-14-17)22-27-21-19(31-22)6-3-7-25-21/h2-7,12-14H,8-11H2,1H3,(H2,24,26). The first-order valence-corrected chi connectivity index (χ1v) is 10.1. The number of benzene rings is 1. The summed E-state index contributed by atoms with van der Waals surface area (Å²) in [5.41, 5.74) is 10.2. The van der Waals surface area contributed by atoms with Gasteiger partial charge in [-0.3, -0.25) is 4.79 Å². The van der Waals surface area contributed by atoms with Crippen molar-refractivity contribution in [3.05, 3.63) is 60.4 Å². The Labute approximate surface area is 179 Å². The summed E-state index contributed by atoms with van der Waals surface area (Å²) in [5, 5.41) is 0. The predicted molar refractivity (Wildman–Crippen MR) is 118 cm³/mol. The molecular weight excluding hydrogens is 392 g/mol. The molecule has 1 saturated heterocycles. The van der Waals surface area contributed by atoms with Crippen LogP contribution in [0.15, 0.2) is 59.3 Å². The largest absolute Gasteiger partial charge is 0.434 e. The second-order valence-corrected chi connectivity index (χ2v) is 7.68. The lowest BCUT2D eigenvalue weighted by Gasteiger charge is -2.32. The lowest BCUT2D eigenvalue weighted by atomic mass is 10.0. The van der Waals surface area contributed by atoms with Crippen molar-refractivity contribution in [1.29, 1.82) is 0 Å². The normalized spacial score (nSPS) is 14.8. The molecule has 5 rings (SSSR count). The number of piperazine rings is 1. The fourth-order valence-corrected chi connectivity index (χ4v) is 3.71. The molecule has 0 radical (unpaired) electrons. The molecule has 0 bridgehead atoms. The fraction of sp³-hybridized carbons (Fsp3) is 0.217. The second-order valence-electron chi connectivity index (χ2n) is 7.68. The number of carbonyl (C=O) groups excluding carboxylic acids is 1. The first-order chi connectivity index (χ1) is 15.1. The van der Waals surface area contributed by atoms with Gasteiger partial charge in [-0.05, 0) is 42.9 Å². The number of pyridine rings is 2. The lowest BCUT2D eigenvalue weighted by molar-refractivity contribution is 0.0664. The fourth-order valence-electron chi connectivity index (χ4n) is 3.71. The van der Waals surface area contributed by atoms with Gasteiger partial charge in [0.05, 0.1) is 5.56 Å². The molecule has 4 aromatic rings. The quantitative estimate of drug-likeness (QED) is 0.550. The van der Waals surface area contributed by atoms with E-state index in [1.54, 1.807) is 24.5 Å².